The molecule has 6 nitrogen and oxygen atoms in total. The predicted octanol–water partition coefficient (Wildman–Crippen LogP) is 3.50. The summed E-state index contributed by atoms with van der Waals surface area (Å²) >= 11 is 0. The van der Waals surface area contributed by atoms with Crippen LogP contribution in [0.25, 0.3) is 0 Å². The summed E-state index contributed by atoms with van der Waals surface area (Å²) < 4.78 is 40.2. The first-order valence-electron chi connectivity index (χ1n) is 9.65. The molecule has 2 aromatic rings. The molecule has 0 saturated carbocycles. The SMILES string of the molecule is Cc1ccc(NC(=O)NCC2CCCN(S(=O)(=O)Cc3cccc(F)c3)C2)cc1. The van der Waals surface area contributed by atoms with Crippen LogP contribution in [0.5, 0.6) is 0 Å². The van der Waals surface area contributed by atoms with E-state index in [9.17, 15) is 17.6 Å². The second-order valence-corrected chi connectivity index (χ2v) is 9.42. The molecule has 0 spiro atoms. The van der Waals surface area contributed by atoms with Crippen LogP contribution < -0.4 is 10.6 Å². The van der Waals surface area contributed by atoms with Crippen LogP contribution in [0, 0.1) is 18.7 Å². The van der Waals surface area contributed by atoms with Crippen molar-refractivity contribution in [3.8, 4) is 0 Å². The molecule has 29 heavy (non-hydrogen) atoms. The first-order valence-corrected chi connectivity index (χ1v) is 11.3. The Morgan fingerprint density at radius 3 is 2.69 bits per heavy atom. The minimum Gasteiger partial charge on any atom is -0.338 e. The number of amides is 2. The van der Waals surface area contributed by atoms with Gasteiger partial charge in [-0.3, -0.25) is 0 Å². The molecule has 0 radical (unpaired) electrons. The molecule has 1 aliphatic heterocycles. The molecule has 0 aromatic heterocycles. The molecule has 156 valence electrons. The topological polar surface area (TPSA) is 78.5 Å². The number of nitrogens with zero attached hydrogens (tertiary/aromatic N) is 1. The van der Waals surface area contributed by atoms with Gasteiger partial charge in [-0.1, -0.05) is 29.8 Å². The van der Waals surface area contributed by atoms with Gasteiger partial charge < -0.3 is 10.6 Å². The van der Waals surface area contributed by atoms with Crippen LogP contribution in [0.2, 0.25) is 0 Å². The predicted molar refractivity (Wildman–Crippen MR) is 112 cm³/mol. The van der Waals surface area contributed by atoms with E-state index in [0.717, 1.165) is 18.4 Å². The van der Waals surface area contributed by atoms with Gasteiger partial charge in [-0.25, -0.2) is 21.9 Å². The number of piperidine rings is 1. The Labute approximate surface area is 171 Å². The van der Waals surface area contributed by atoms with Crippen LogP contribution in [-0.2, 0) is 15.8 Å². The Bertz CT molecular complexity index is 948. The van der Waals surface area contributed by atoms with E-state index in [2.05, 4.69) is 10.6 Å². The Hall–Kier alpha value is -2.45. The number of aryl methyl sites for hydroxylation is 1. The van der Waals surface area contributed by atoms with Gasteiger partial charge in [0, 0.05) is 25.3 Å². The van der Waals surface area contributed by atoms with Gasteiger partial charge in [-0.2, -0.15) is 0 Å². The van der Waals surface area contributed by atoms with Crippen molar-refractivity contribution in [3.63, 3.8) is 0 Å². The lowest BCUT2D eigenvalue weighted by Gasteiger charge is -2.32. The fourth-order valence-corrected chi connectivity index (χ4v) is 5.05. The van der Waals surface area contributed by atoms with E-state index in [-0.39, 0.29) is 17.7 Å². The first kappa shape index (κ1) is 21.3. The molecule has 0 bridgehead atoms. The number of carbonyl (C=O) groups excluding carboxylic acids is 1. The number of benzene rings is 2. The summed E-state index contributed by atoms with van der Waals surface area (Å²) in [6.07, 6.45) is 1.57. The van der Waals surface area contributed by atoms with Gasteiger partial charge in [0.2, 0.25) is 10.0 Å². The third-order valence-corrected chi connectivity index (χ3v) is 6.79. The molecule has 1 atom stereocenters. The van der Waals surface area contributed by atoms with E-state index in [4.69, 9.17) is 0 Å². The van der Waals surface area contributed by atoms with Crippen molar-refractivity contribution < 1.29 is 17.6 Å². The van der Waals surface area contributed by atoms with Gasteiger partial charge in [0.15, 0.2) is 0 Å². The van der Waals surface area contributed by atoms with Crippen molar-refractivity contribution >= 4 is 21.7 Å². The Morgan fingerprint density at radius 2 is 1.97 bits per heavy atom. The summed E-state index contributed by atoms with van der Waals surface area (Å²) in [7, 11) is -3.54. The highest BCUT2D eigenvalue weighted by molar-refractivity contribution is 7.88. The number of urea groups is 1. The Morgan fingerprint density at radius 1 is 1.21 bits per heavy atom. The third kappa shape index (κ3) is 6.27. The largest absolute Gasteiger partial charge is 0.338 e. The minimum atomic E-state index is -3.54. The zero-order chi connectivity index (χ0) is 20.9. The molecule has 1 saturated heterocycles. The van der Waals surface area contributed by atoms with Crippen molar-refractivity contribution in [3.05, 3.63) is 65.5 Å². The van der Waals surface area contributed by atoms with Crippen molar-refractivity contribution in [1.29, 1.82) is 0 Å². The number of hydrogen-bond acceptors (Lipinski definition) is 3. The molecule has 1 fully saturated rings. The maximum atomic E-state index is 13.3. The molecule has 0 aliphatic carbocycles. The average Bonchev–Trinajstić information content (AvgIpc) is 2.68. The van der Waals surface area contributed by atoms with E-state index >= 15 is 0 Å². The van der Waals surface area contributed by atoms with Crippen LogP contribution in [-0.4, -0.2) is 38.4 Å². The van der Waals surface area contributed by atoms with Gasteiger partial charge in [0.25, 0.3) is 0 Å². The van der Waals surface area contributed by atoms with Crippen LogP contribution in [0.15, 0.2) is 48.5 Å². The number of hydrogen-bond donors (Lipinski definition) is 2. The second kappa shape index (κ2) is 9.37. The summed E-state index contributed by atoms with van der Waals surface area (Å²) in [5.74, 6) is -0.633. The van der Waals surface area contributed by atoms with Crippen LogP contribution in [0.1, 0.15) is 24.0 Å². The van der Waals surface area contributed by atoms with E-state index in [1.54, 1.807) is 6.07 Å². The lowest BCUT2D eigenvalue weighted by molar-refractivity contribution is 0.238. The van der Waals surface area contributed by atoms with Crippen molar-refractivity contribution in [1.82, 2.24) is 9.62 Å². The standard InChI is InChI=1S/C21H26FN3O3S/c1-16-7-9-20(10-8-16)24-21(26)23-13-18-5-3-11-25(14-18)29(27,28)15-17-4-2-6-19(22)12-17/h2,4,6-10,12,18H,3,5,11,13-15H2,1H3,(H2,23,24,26). The van der Waals surface area contributed by atoms with Gasteiger partial charge in [0.1, 0.15) is 5.82 Å². The highest BCUT2D eigenvalue weighted by Gasteiger charge is 2.29. The molecule has 8 heteroatoms. The van der Waals surface area contributed by atoms with Crippen LogP contribution in [0.4, 0.5) is 14.9 Å². The van der Waals surface area contributed by atoms with Crippen molar-refractivity contribution in [2.45, 2.75) is 25.5 Å². The third-order valence-electron chi connectivity index (χ3n) is 4.97. The number of anilines is 1. The summed E-state index contributed by atoms with van der Waals surface area (Å²) in [6.45, 7) is 3.16. The van der Waals surface area contributed by atoms with E-state index in [1.807, 2.05) is 31.2 Å². The average molecular weight is 420 g/mol. The number of nitrogens with one attached hydrogen (secondary N) is 2. The Balaban J connectivity index is 1.51. The Kier molecular flexibility index (Phi) is 6.87. The first-order chi connectivity index (χ1) is 13.8. The maximum Gasteiger partial charge on any atom is 0.319 e. The van der Waals surface area contributed by atoms with Crippen molar-refractivity contribution in [2.24, 2.45) is 5.92 Å². The lowest BCUT2D eigenvalue weighted by Crippen LogP contribution is -2.44. The lowest BCUT2D eigenvalue weighted by atomic mass is 10.00. The molecular weight excluding hydrogens is 393 g/mol. The van der Waals surface area contributed by atoms with Gasteiger partial charge >= 0.3 is 6.03 Å². The molecule has 2 N–H and O–H groups in total. The van der Waals surface area contributed by atoms with E-state index in [0.29, 0.717) is 30.9 Å². The quantitative estimate of drug-likeness (QED) is 0.752. The maximum absolute atomic E-state index is 13.3. The zero-order valence-corrected chi connectivity index (χ0v) is 17.2. The molecule has 1 aliphatic rings. The second-order valence-electron chi connectivity index (χ2n) is 7.45. The summed E-state index contributed by atoms with van der Waals surface area (Å²) in [4.78, 5) is 12.1. The summed E-state index contributed by atoms with van der Waals surface area (Å²) in [5, 5.41) is 5.59. The smallest absolute Gasteiger partial charge is 0.319 e. The zero-order valence-electron chi connectivity index (χ0n) is 16.4. The fraction of sp³-hybridized carbons (Fsp3) is 0.381. The summed E-state index contributed by atoms with van der Waals surface area (Å²) in [6, 6.07) is 12.8. The fourth-order valence-electron chi connectivity index (χ4n) is 3.42. The molecule has 2 aromatic carbocycles. The minimum absolute atomic E-state index is 0.0369. The molecule has 1 heterocycles. The van der Waals surface area contributed by atoms with Gasteiger partial charge in [0.05, 0.1) is 5.75 Å². The van der Waals surface area contributed by atoms with Gasteiger partial charge in [-0.15, -0.1) is 0 Å². The van der Waals surface area contributed by atoms with Crippen LogP contribution in [0.3, 0.4) is 0 Å². The monoisotopic (exact) mass is 419 g/mol. The molecular formula is C21H26FN3O3S. The number of carbonyl (C=O) groups is 1. The number of halogens is 1. The molecule has 3 rings (SSSR count). The summed E-state index contributed by atoms with van der Waals surface area (Å²) in [5.41, 5.74) is 2.25. The normalized spacial score (nSPS) is 17.7. The molecule has 2 amide bonds. The van der Waals surface area contributed by atoms with Gasteiger partial charge in [-0.05, 0) is 55.5 Å². The number of rotatable bonds is 6. The van der Waals surface area contributed by atoms with Crippen molar-refractivity contribution in [2.75, 3.05) is 25.0 Å². The van der Waals surface area contributed by atoms with E-state index in [1.165, 1.54) is 22.5 Å². The highest BCUT2D eigenvalue weighted by atomic mass is 32.2. The molecule has 1 unspecified atom stereocenters. The number of sulfonamides is 1. The van der Waals surface area contributed by atoms with Crippen LogP contribution >= 0.6 is 0 Å². The van der Waals surface area contributed by atoms with E-state index < -0.39 is 15.8 Å². The highest BCUT2D eigenvalue weighted by Crippen LogP contribution is 2.21.